The van der Waals surface area contributed by atoms with E-state index in [1.807, 2.05) is 67.6 Å². The van der Waals surface area contributed by atoms with Crippen LogP contribution in [0.4, 0.5) is 0 Å². The molecule has 0 radical (unpaired) electrons. The van der Waals surface area contributed by atoms with Gasteiger partial charge in [-0.05, 0) is 31.9 Å². The normalized spacial score (nSPS) is 11.0. The Labute approximate surface area is 198 Å². The Bertz CT molecular complexity index is 1440. The third kappa shape index (κ3) is 4.46. The zero-order valence-corrected chi connectivity index (χ0v) is 19.3. The number of amides is 1. The molecule has 0 fully saturated rings. The van der Waals surface area contributed by atoms with Gasteiger partial charge in [-0.15, -0.1) is 0 Å². The van der Waals surface area contributed by atoms with Crippen LogP contribution in [0.2, 0.25) is 0 Å². The highest BCUT2D eigenvalue weighted by molar-refractivity contribution is 6.11. The van der Waals surface area contributed by atoms with Crippen molar-refractivity contribution in [1.29, 1.82) is 0 Å². The molecule has 2 aromatic heterocycles. The summed E-state index contributed by atoms with van der Waals surface area (Å²) in [7, 11) is 0. The molecule has 34 heavy (non-hydrogen) atoms. The molecule has 0 aliphatic rings. The van der Waals surface area contributed by atoms with Gasteiger partial charge in [0.25, 0.3) is 5.91 Å². The van der Waals surface area contributed by atoms with E-state index < -0.39 is 0 Å². The number of carbonyl (C=O) groups excluding carboxylic acids is 1. The monoisotopic (exact) mass is 446 g/mol. The quantitative estimate of drug-likeness (QED) is 0.342. The molecule has 0 aliphatic carbocycles. The molecule has 5 aromatic rings. The van der Waals surface area contributed by atoms with E-state index in [0.29, 0.717) is 17.8 Å². The number of pyridine rings is 1. The van der Waals surface area contributed by atoms with Gasteiger partial charge in [0, 0.05) is 17.7 Å². The molecule has 1 amide bonds. The van der Waals surface area contributed by atoms with Crippen molar-refractivity contribution in [2.75, 3.05) is 6.54 Å². The van der Waals surface area contributed by atoms with Gasteiger partial charge in [0.05, 0.1) is 22.3 Å². The van der Waals surface area contributed by atoms with E-state index in [0.717, 1.165) is 34.3 Å². The van der Waals surface area contributed by atoms with Gasteiger partial charge in [-0.3, -0.25) is 9.89 Å². The maximum absolute atomic E-state index is 13.4. The predicted molar refractivity (Wildman–Crippen MR) is 137 cm³/mol. The third-order valence-corrected chi connectivity index (χ3v) is 6.00. The first-order valence-corrected chi connectivity index (χ1v) is 11.4. The molecule has 5 rings (SSSR count). The minimum atomic E-state index is -0.133. The fraction of sp³-hybridized carbons (Fsp3) is 0.138. The Morgan fingerprint density at radius 1 is 0.853 bits per heavy atom. The van der Waals surface area contributed by atoms with Gasteiger partial charge in [-0.25, -0.2) is 4.98 Å². The Balaban J connectivity index is 1.55. The van der Waals surface area contributed by atoms with Gasteiger partial charge in [0.15, 0.2) is 5.65 Å². The lowest BCUT2D eigenvalue weighted by Crippen LogP contribution is -2.26. The molecule has 2 heterocycles. The fourth-order valence-electron chi connectivity index (χ4n) is 4.06. The summed E-state index contributed by atoms with van der Waals surface area (Å²) in [6.07, 6.45) is 0.766. The van der Waals surface area contributed by atoms with E-state index >= 15 is 0 Å². The lowest BCUT2D eigenvalue weighted by Gasteiger charge is -2.10. The summed E-state index contributed by atoms with van der Waals surface area (Å²) < 4.78 is 0. The van der Waals surface area contributed by atoms with Gasteiger partial charge in [-0.2, -0.15) is 5.10 Å². The van der Waals surface area contributed by atoms with Crippen LogP contribution in [-0.2, 0) is 6.42 Å². The van der Waals surface area contributed by atoms with Gasteiger partial charge in [-0.1, -0.05) is 90.0 Å². The van der Waals surface area contributed by atoms with Crippen LogP contribution in [0, 0.1) is 13.8 Å². The number of H-pyrrole nitrogens is 1. The second-order valence-electron chi connectivity index (χ2n) is 8.58. The van der Waals surface area contributed by atoms with Crippen LogP contribution < -0.4 is 5.32 Å². The Kier molecular flexibility index (Phi) is 5.91. The van der Waals surface area contributed by atoms with E-state index in [1.54, 1.807) is 0 Å². The van der Waals surface area contributed by atoms with Crippen LogP contribution in [0.15, 0.2) is 84.9 Å². The molecule has 0 aliphatic heterocycles. The van der Waals surface area contributed by atoms with E-state index in [9.17, 15) is 4.79 Å². The van der Waals surface area contributed by atoms with Crippen LogP contribution in [0.1, 0.15) is 27.0 Å². The number of hydrogen-bond donors (Lipinski definition) is 2. The first-order chi connectivity index (χ1) is 16.6. The summed E-state index contributed by atoms with van der Waals surface area (Å²) in [5, 5.41) is 11.4. The lowest BCUT2D eigenvalue weighted by atomic mass is 10.0. The van der Waals surface area contributed by atoms with Crippen molar-refractivity contribution >= 4 is 16.9 Å². The van der Waals surface area contributed by atoms with Crippen molar-refractivity contribution in [3.05, 3.63) is 107 Å². The number of aromatic amines is 1. The molecule has 0 spiro atoms. The first kappa shape index (κ1) is 21.6. The summed E-state index contributed by atoms with van der Waals surface area (Å²) in [6, 6.07) is 28.3. The lowest BCUT2D eigenvalue weighted by molar-refractivity contribution is 0.0956. The van der Waals surface area contributed by atoms with Crippen molar-refractivity contribution in [3.63, 3.8) is 0 Å². The standard InChI is InChI=1S/C29H26N4O/c1-19-8-12-22(13-9-19)25-18-24(29(34)30-17-16-21-6-4-3-5-7-21)26-27(32-33-28(26)31-25)23-14-10-20(2)11-15-23/h3-15,18H,16-17H2,1-2H3,(H,30,34)(H,31,32,33). The second kappa shape index (κ2) is 9.32. The van der Waals surface area contributed by atoms with Gasteiger partial charge >= 0.3 is 0 Å². The van der Waals surface area contributed by atoms with Crippen molar-refractivity contribution in [2.24, 2.45) is 0 Å². The van der Waals surface area contributed by atoms with E-state index in [4.69, 9.17) is 4.98 Å². The number of aromatic nitrogens is 3. The molecule has 0 saturated carbocycles. The molecule has 2 N–H and O–H groups in total. The minimum Gasteiger partial charge on any atom is -0.352 e. The molecular formula is C29H26N4O. The first-order valence-electron chi connectivity index (χ1n) is 11.4. The molecule has 5 nitrogen and oxygen atoms in total. The maximum Gasteiger partial charge on any atom is 0.252 e. The molecule has 0 unspecified atom stereocenters. The van der Waals surface area contributed by atoms with E-state index in [-0.39, 0.29) is 5.91 Å². The van der Waals surface area contributed by atoms with Crippen molar-refractivity contribution < 1.29 is 4.79 Å². The van der Waals surface area contributed by atoms with Crippen LogP contribution in [0.5, 0.6) is 0 Å². The van der Waals surface area contributed by atoms with E-state index in [2.05, 4.69) is 46.7 Å². The molecule has 3 aromatic carbocycles. The number of nitrogens with zero attached hydrogens (tertiary/aromatic N) is 2. The summed E-state index contributed by atoms with van der Waals surface area (Å²) in [6.45, 7) is 4.65. The third-order valence-electron chi connectivity index (χ3n) is 6.00. The average Bonchev–Trinajstić information content (AvgIpc) is 3.29. The Hall–Kier alpha value is -4.25. The van der Waals surface area contributed by atoms with Crippen molar-refractivity contribution in [2.45, 2.75) is 20.3 Å². The highest BCUT2D eigenvalue weighted by Gasteiger charge is 2.20. The largest absolute Gasteiger partial charge is 0.352 e. The summed E-state index contributed by atoms with van der Waals surface area (Å²) in [4.78, 5) is 18.2. The van der Waals surface area contributed by atoms with Gasteiger partial charge < -0.3 is 5.32 Å². The topological polar surface area (TPSA) is 70.7 Å². The van der Waals surface area contributed by atoms with Crippen LogP contribution in [-0.4, -0.2) is 27.6 Å². The second-order valence-corrected chi connectivity index (χ2v) is 8.58. The number of aryl methyl sites for hydroxylation is 2. The van der Waals surface area contributed by atoms with Crippen molar-refractivity contribution in [3.8, 4) is 22.5 Å². The minimum absolute atomic E-state index is 0.133. The smallest absolute Gasteiger partial charge is 0.252 e. The van der Waals surface area contributed by atoms with Crippen LogP contribution in [0.3, 0.4) is 0 Å². The van der Waals surface area contributed by atoms with Crippen LogP contribution >= 0.6 is 0 Å². The van der Waals surface area contributed by atoms with Crippen molar-refractivity contribution in [1.82, 2.24) is 20.5 Å². The zero-order valence-electron chi connectivity index (χ0n) is 19.3. The number of nitrogens with one attached hydrogen (secondary N) is 2. The molecule has 0 atom stereocenters. The number of benzene rings is 3. The number of rotatable bonds is 6. The Morgan fingerprint density at radius 2 is 1.50 bits per heavy atom. The fourth-order valence-corrected chi connectivity index (χ4v) is 4.06. The zero-order chi connectivity index (χ0) is 23.5. The number of fused-ring (bicyclic) bond motifs is 1. The predicted octanol–water partition coefficient (Wildman–Crippen LogP) is 5.88. The summed E-state index contributed by atoms with van der Waals surface area (Å²) in [5.41, 5.74) is 8.07. The maximum atomic E-state index is 13.4. The molecule has 5 heteroatoms. The highest BCUT2D eigenvalue weighted by Crippen LogP contribution is 2.31. The number of carbonyl (C=O) groups is 1. The highest BCUT2D eigenvalue weighted by atomic mass is 16.1. The molecule has 168 valence electrons. The molecule has 0 bridgehead atoms. The number of hydrogen-bond acceptors (Lipinski definition) is 3. The molecular weight excluding hydrogens is 420 g/mol. The van der Waals surface area contributed by atoms with Crippen LogP contribution in [0.25, 0.3) is 33.5 Å². The molecule has 0 saturated heterocycles. The summed E-state index contributed by atoms with van der Waals surface area (Å²) in [5.74, 6) is -0.133. The van der Waals surface area contributed by atoms with Gasteiger partial charge in [0.1, 0.15) is 0 Å². The van der Waals surface area contributed by atoms with Gasteiger partial charge in [0.2, 0.25) is 0 Å². The van der Waals surface area contributed by atoms with E-state index in [1.165, 1.54) is 16.7 Å². The Morgan fingerprint density at radius 3 is 2.18 bits per heavy atom. The SMILES string of the molecule is Cc1ccc(-c2cc(C(=O)NCCc3ccccc3)c3c(-c4ccc(C)cc4)[nH]nc3n2)cc1. The average molecular weight is 447 g/mol. The summed E-state index contributed by atoms with van der Waals surface area (Å²) >= 11 is 0.